The molecular formula is C11H11FO3S. The Balaban J connectivity index is 2.61. The number of aliphatic hydroxyl groups excluding tert-OH is 1. The minimum absolute atomic E-state index is 0.115. The highest BCUT2D eigenvalue weighted by molar-refractivity contribution is 7.95. The third kappa shape index (κ3) is 1.56. The molecule has 0 fully saturated rings. The summed E-state index contributed by atoms with van der Waals surface area (Å²) in [5, 5.41) is 8.98. The van der Waals surface area contributed by atoms with Crippen LogP contribution in [0.5, 0.6) is 0 Å². The number of sulfone groups is 1. The van der Waals surface area contributed by atoms with Crippen LogP contribution in [-0.2, 0) is 9.84 Å². The summed E-state index contributed by atoms with van der Waals surface area (Å²) in [6.45, 7) is 1.37. The highest BCUT2D eigenvalue weighted by atomic mass is 32.2. The Morgan fingerprint density at radius 3 is 2.75 bits per heavy atom. The summed E-state index contributed by atoms with van der Waals surface area (Å²) in [4.78, 5) is 0.264. The smallest absolute Gasteiger partial charge is 0.203 e. The quantitative estimate of drug-likeness (QED) is 0.801. The van der Waals surface area contributed by atoms with Crippen molar-refractivity contribution in [3.63, 3.8) is 0 Å². The van der Waals surface area contributed by atoms with Gasteiger partial charge in [-0.3, -0.25) is 0 Å². The van der Waals surface area contributed by atoms with E-state index in [1.165, 1.54) is 18.2 Å². The van der Waals surface area contributed by atoms with Gasteiger partial charge in [0.2, 0.25) is 9.84 Å². The molecule has 1 atom stereocenters. The van der Waals surface area contributed by atoms with E-state index in [1.807, 2.05) is 0 Å². The van der Waals surface area contributed by atoms with Crippen molar-refractivity contribution in [1.29, 1.82) is 0 Å². The van der Waals surface area contributed by atoms with Gasteiger partial charge in [0.25, 0.3) is 0 Å². The van der Waals surface area contributed by atoms with E-state index in [2.05, 4.69) is 0 Å². The molecule has 5 heteroatoms. The first-order valence-corrected chi connectivity index (χ1v) is 6.32. The summed E-state index contributed by atoms with van der Waals surface area (Å²) in [6, 6.07) is 3.56. The van der Waals surface area contributed by atoms with Crippen molar-refractivity contribution in [2.45, 2.75) is 11.8 Å². The lowest BCUT2D eigenvalue weighted by molar-refractivity contribution is 0.260. The van der Waals surface area contributed by atoms with Gasteiger partial charge in [-0.1, -0.05) is 6.92 Å². The summed E-state index contributed by atoms with van der Waals surface area (Å²) in [5.41, 5.74) is 0.357. The first-order valence-electron chi connectivity index (χ1n) is 4.84. The van der Waals surface area contributed by atoms with Crippen molar-refractivity contribution in [1.82, 2.24) is 0 Å². The minimum Gasteiger partial charge on any atom is -0.396 e. The minimum atomic E-state index is -3.54. The zero-order valence-electron chi connectivity index (χ0n) is 8.64. The molecule has 1 aliphatic heterocycles. The number of aliphatic hydroxyl groups is 1. The van der Waals surface area contributed by atoms with E-state index >= 15 is 0 Å². The highest BCUT2D eigenvalue weighted by Crippen LogP contribution is 2.36. The molecule has 3 nitrogen and oxygen atoms in total. The van der Waals surface area contributed by atoms with E-state index in [0.29, 0.717) is 5.56 Å². The maximum atomic E-state index is 13.0. The molecule has 0 saturated carbocycles. The molecular weight excluding hydrogens is 231 g/mol. The Hall–Kier alpha value is -1.20. The van der Waals surface area contributed by atoms with E-state index in [-0.39, 0.29) is 16.4 Å². The molecule has 0 spiro atoms. The maximum Gasteiger partial charge on any atom is 0.203 e. The number of hydrogen-bond acceptors (Lipinski definition) is 3. The number of halogens is 1. The van der Waals surface area contributed by atoms with Gasteiger partial charge in [-0.05, 0) is 29.8 Å². The zero-order valence-corrected chi connectivity index (χ0v) is 9.46. The van der Waals surface area contributed by atoms with Crippen LogP contribution in [0.2, 0.25) is 0 Å². The van der Waals surface area contributed by atoms with Crippen LogP contribution in [0.3, 0.4) is 0 Å². The normalized spacial score (nSPS) is 19.1. The second kappa shape index (κ2) is 3.68. The summed E-state index contributed by atoms with van der Waals surface area (Å²) in [6.07, 6.45) is 1.43. The summed E-state index contributed by atoms with van der Waals surface area (Å²) in [5.74, 6) is -0.941. The van der Waals surface area contributed by atoms with Crippen LogP contribution < -0.4 is 0 Å². The molecule has 1 aromatic rings. The van der Waals surface area contributed by atoms with E-state index in [4.69, 9.17) is 5.11 Å². The van der Waals surface area contributed by atoms with Crippen LogP contribution in [0.15, 0.2) is 28.0 Å². The van der Waals surface area contributed by atoms with Gasteiger partial charge in [0.15, 0.2) is 0 Å². The maximum absolute atomic E-state index is 13.0. The van der Waals surface area contributed by atoms with Crippen molar-refractivity contribution in [3.8, 4) is 0 Å². The van der Waals surface area contributed by atoms with Gasteiger partial charge in [-0.15, -0.1) is 0 Å². The fourth-order valence-corrected chi connectivity index (χ4v) is 3.55. The van der Waals surface area contributed by atoms with Gasteiger partial charge in [0, 0.05) is 5.92 Å². The average Bonchev–Trinajstić information content (AvgIpc) is 2.49. The van der Waals surface area contributed by atoms with Gasteiger partial charge in [0.1, 0.15) is 5.82 Å². The van der Waals surface area contributed by atoms with Gasteiger partial charge in [0.05, 0.1) is 16.4 Å². The lowest BCUT2D eigenvalue weighted by atomic mass is 10.1. The Bertz CT molecular complexity index is 561. The van der Waals surface area contributed by atoms with Crippen LogP contribution in [0, 0.1) is 11.7 Å². The monoisotopic (exact) mass is 242 g/mol. The summed E-state index contributed by atoms with van der Waals surface area (Å²) < 4.78 is 36.9. The van der Waals surface area contributed by atoms with Crippen LogP contribution in [0.4, 0.5) is 4.39 Å². The lowest BCUT2D eigenvalue weighted by Crippen LogP contribution is -2.11. The fourth-order valence-electron chi connectivity index (χ4n) is 1.73. The van der Waals surface area contributed by atoms with Crippen LogP contribution in [-0.4, -0.2) is 20.1 Å². The Labute approximate surface area is 93.1 Å². The highest BCUT2D eigenvalue weighted by Gasteiger charge is 2.32. The van der Waals surface area contributed by atoms with E-state index in [1.54, 1.807) is 6.92 Å². The van der Waals surface area contributed by atoms with Crippen LogP contribution in [0.25, 0.3) is 6.08 Å². The fraction of sp³-hybridized carbons (Fsp3) is 0.273. The predicted molar refractivity (Wildman–Crippen MR) is 57.8 cm³/mol. The molecule has 86 valence electrons. The third-order valence-corrected chi connectivity index (χ3v) is 4.72. The first-order chi connectivity index (χ1) is 7.46. The Kier molecular flexibility index (Phi) is 2.59. The molecule has 1 aromatic carbocycles. The van der Waals surface area contributed by atoms with Crippen LogP contribution in [0.1, 0.15) is 12.5 Å². The Morgan fingerprint density at radius 1 is 1.44 bits per heavy atom. The topological polar surface area (TPSA) is 54.4 Å². The number of rotatable bonds is 2. The molecule has 0 aliphatic carbocycles. The summed E-state index contributed by atoms with van der Waals surface area (Å²) >= 11 is 0. The zero-order chi connectivity index (χ0) is 11.9. The standard InChI is InChI=1S/C11H11FO3S/c1-7(6-13)11-5-8-4-9(12)2-3-10(8)16(11,14)15/h2-5,7,13H,6H2,1H3. The van der Waals surface area contributed by atoms with Gasteiger partial charge in [-0.2, -0.15) is 0 Å². The summed E-state index contributed by atoms with van der Waals surface area (Å²) in [7, 11) is -3.54. The van der Waals surface area contributed by atoms with E-state index in [9.17, 15) is 12.8 Å². The van der Waals surface area contributed by atoms with Crippen molar-refractivity contribution in [2.75, 3.05) is 6.61 Å². The van der Waals surface area contributed by atoms with Crippen molar-refractivity contribution in [3.05, 3.63) is 34.5 Å². The molecule has 0 bridgehead atoms. The van der Waals surface area contributed by atoms with Gasteiger partial charge in [-0.25, -0.2) is 12.8 Å². The number of hydrogen-bond donors (Lipinski definition) is 1. The van der Waals surface area contributed by atoms with Crippen molar-refractivity contribution >= 4 is 15.9 Å². The molecule has 0 saturated heterocycles. The third-order valence-electron chi connectivity index (χ3n) is 2.63. The second-order valence-electron chi connectivity index (χ2n) is 3.82. The predicted octanol–water partition coefficient (Wildman–Crippen LogP) is 1.58. The molecule has 1 unspecified atom stereocenters. The number of benzene rings is 1. The molecule has 2 rings (SSSR count). The number of fused-ring (bicyclic) bond motifs is 1. The molecule has 1 heterocycles. The molecule has 0 aromatic heterocycles. The molecule has 1 N–H and O–H groups in total. The lowest BCUT2D eigenvalue weighted by Gasteiger charge is -2.08. The molecule has 16 heavy (non-hydrogen) atoms. The largest absolute Gasteiger partial charge is 0.396 e. The average molecular weight is 242 g/mol. The van der Waals surface area contributed by atoms with Crippen molar-refractivity contribution in [2.24, 2.45) is 5.92 Å². The van der Waals surface area contributed by atoms with Gasteiger partial charge >= 0.3 is 0 Å². The Morgan fingerprint density at radius 2 is 2.12 bits per heavy atom. The molecule has 0 amide bonds. The molecule has 0 radical (unpaired) electrons. The van der Waals surface area contributed by atoms with Crippen molar-refractivity contribution < 1.29 is 17.9 Å². The van der Waals surface area contributed by atoms with E-state index < -0.39 is 21.6 Å². The second-order valence-corrected chi connectivity index (χ2v) is 5.73. The van der Waals surface area contributed by atoms with Gasteiger partial charge < -0.3 is 5.11 Å². The molecule has 1 aliphatic rings. The SMILES string of the molecule is CC(CO)C1=Cc2cc(F)ccc2S1(=O)=O. The van der Waals surface area contributed by atoms with E-state index in [0.717, 1.165) is 6.07 Å². The first kappa shape index (κ1) is 11.3. The van der Waals surface area contributed by atoms with Crippen LogP contribution >= 0.6 is 0 Å².